The van der Waals surface area contributed by atoms with Crippen molar-refractivity contribution in [1.82, 2.24) is 9.97 Å². The van der Waals surface area contributed by atoms with Gasteiger partial charge in [0.25, 0.3) is 0 Å². The Morgan fingerprint density at radius 3 is 2.21 bits per heavy atom. The Labute approximate surface area is 118 Å². The van der Waals surface area contributed by atoms with Gasteiger partial charge in [-0.1, -0.05) is 26.8 Å². The molecule has 0 atom stereocenters. The predicted molar refractivity (Wildman–Crippen MR) is 79.3 cm³/mol. The number of aliphatic hydroxyl groups is 1. The zero-order valence-corrected chi connectivity index (χ0v) is 12.9. The van der Waals surface area contributed by atoms with Crippen molar-refractivity contribution < 1.29 is 5.11 Å². The van der Waals surface area contributed by atoms with Crippen LogP contribution in [0, 0.1) is 0 Å². The summed E-state index contributed by atoms with van der Waals surface area (Å²) in [6.45, 7) is 9.94. The van der Waals surface area contributed by atoms with E-state index in [2.05, 4.69) is 25.8 Å². The highest BCUT2D eigenvalue weighted by Gasteiger charge is 2.31. The summed E-state index contributed by atoms with van der Waals surface area (Å²) >= 11 is 1.52. The smallest absolute Gasteiger partial charge is 0.142 e. The summed E-state index contributed by atoms with van der Waals surface area (Å²) in [6, 6.07) is 5.78. The quantitative estimate of drug-likeness (QED) is 0.909. The number of thiazole rings is 1. The van der Waals surface area contributed by atoms with E-state index in [1.807, 2.05) is 18.2 Å². The normalized spacial score (nSPS) is 12.7. The Morgan fingerprint density at radius 1 is 1.11 bits per heavy atom. The molecule has 0 amide bonds. The number of rotatable bonds is 2. The molecule has 102 valence electrons. The van der Waals surface area contributed by atoms with Crippen molar-refractivity contribution in [2.24, 2.45) is 0 Å². The van der Waals surface area contributed by atoms with Crippen molar-refractivity contribution in [2.45, 2.75) is 45.6 Å². The summed E-state index contributed by atoms with van der Waals surface area (Å²) in [5.74, 6) is 0. The maximum absolute atomic E-state index is 10.3. The molecule has 2 rings (SSSR count). The van der Waals surface area contributed by atoms with Crippen LogP contribution >= 0.6 is 11.3 Å². The third-order valence-electron chi connectivity index (χ3n) is 2.78. The highest BCUT2D eigenvalue weighted by atomic mass is 32.1. The second-order valence-electron chi connectivity index (χ2n) is 6.22. The standard InChI is InChI=1S/C15H20N2OS/c1-14(2,3)11-12(15(4,5)18)19-13(17-11)10-8-6-7-9-16-10/h6-9,18H,1-5H3. The van der Waals surface area contributed by atoms with Gasteiger partial charge in [0.2, 0.25) is 0 Å². The first-order chi connectivity index (χ1) is 8.69. The third kappa shape index (κ3) is 3.01. The molecule has 4 heteroatoms. The first-order valence-corrected chi connectivity index (χ1v) is 7.17. The van der Waals surface area contributed by atoms with Crippen LogP contribution in [0.25, 0.3) is 10.7 Å². The minimum Gasteiger partial charge on any atom is -0.385 e. The fourth-order valence-electron chi connectivity index (χ4n) is 1.84. The fraction of sp³-hybridized carbons (Fsp3) is 0.467. The van der Waals surface area contributed by atoms with Crippen LogP contribution in [0.15, 0.2) is 24.4 Å². The van der Waals surface area contributed by atoms with E-state index in [1.165, 1.54) is 11.3 Å². The summed E-state index contributed by atoms with van der Waals surface area (Å²) in [7, 11) is 0. The summed E-state index contributed by atoms with van der Waals surface area (Å²) in [5, 5.41) is 11.2. The average Bonchev–Trinajstić information content (AvgIpc) is 2.74. The van der Waals surface area contributed by atoms with E-state index in [9.17, 15) is 5.11 Å². The van der Waals surface area contributed by atoms with Gasteiger partial charge in [-0.25, -0.2) is 4.98 Å². The van der Waals surface area contributed by atoms with Crippen molar-refractivity contribution in [3.63, 3.8) is 0 Å². The molecule has 0 aliphatic heterocycles. The lowest BCUT2D eigenvalue weighted by Gasteiger charge is -2.23. The van der Waals surface area contributed by atoms with Gasteiger partial charge >= 0.3 is 0 Å². The van der Waals surface area contributed by atoms with Crippen molar-refractivity contribution in [2.75, 3.05) is 0 Å². The first kappa shape index (κ1) is 14.2. The maximum atomic E-state index is 10.3. The van der Waals surface area contributed by atoms with Crippen LogP contribution in [0.2, 0.25) is 0 Å². The SMILES string of the molecule is CC(C)(C)c1nc(-c2ccccn2)sc1C(C)(C)O. The van der Waals surface area contributed by atoms with E-state index in [0.717, 1.165) is 21.3 Å². The molecule has 0 radical (unpaired) electrons. The van der Waals surface area contributed by atoms with Gasteiger partial charge < -0.3 is 5.11 Å². The lowest BCUT2D eigenvalue weighted by molar-refractivity contribution is 0.0803. The van der Waals surface area contributed by atoms with Crippen molar-refractivity contribution in [3.8, 4) is 10.7 Å². The van der Waals surface area contributed by atoms with E-state index in [0.29, 0.717) is 0 Å². The lowest BCUT2D eigenvalue weighted by Crippen LogP contribution is -2.22. The van der Waals surface area contributed by atoms with Gasteiger partial charge in [0.05, 0.1) is 21.9 Å². The van der Waals surface area contributed by atoms with Crippen LogP contribution in [0.4, 0.5) is 0 Å². The average molecular weight is 276 g/mol. The Bertz CT molecular complexity index is 531. The van der Waals surface area contributed by atoms with Crippen molar-refractivity contribution in [3.05, 3.63) is 35.0 Å². The molecular weight excluding hydrogens is 256 g/mol. The molecule has 0 spiro atoms. The molecule has 0 saturated carbocycles. The van der Waals surface area contributed by atoms with Crippen LogP contribution in [0.1, 0.15) is 45.2 Å². The van der Waals surface area contributed by atoms with Crippen LogP contribution in [-0.4, -0.2) is 15.1 Å². The molecule has 0 unspecified atom stereocenters. The fourth-order valence-corrected chi connectivity index (χ4v) is 3.10. The summed E-state index contributed by atoms with van der Waals surface area (Å²) in [4.78, 5) is 9.97. The van der Waals surface area contributed by atoms with E-state index >= 15 is 0 Å². The first-order valence-electron chi connectivity index (χ1n) is 6.35. The topological polar surface area (TPSA) is 46.0 Å². The Kier molecular flexibility index (Phi) is 3.49. The largest absolute Gasteiger partial charge is 0.385 e. The van der Waals surface area contributed by atoms with E-state index in [1.54, 1.807) is 20.0 Å². The van der Waals surface area contributed by atoms with Gasteiger partial charge in [0, 0.05) is 11.6 Å². The van der Waals surface area contributed by atoms with Gasteiger partial charge in [-0.3, -0.25) is 4.98 Å². The Hall–Kier alpha value is -1.26. The monoisotopic (exact) mass is 276 g/mol. The van der Waals surface area contributed by atoms with Crippen LogP contribution < -0.4 is 0 Å². The molecule has 0 aromatic carbocycles. The zero-order chi connectivity index (χ0) is 14.3. The molecule has 2 heterocycles. The number of aromatic nitrogens is 2. The van der Waals surface area contributed by atoms with Gasteiger partial charge in [-0.05, 0) is 26.0 Å². The Balaban J connectivity index is 2.59. The molecule has 0 aliphatic carbocycles. The molecule has 0 bridgehead atoms. The van der Waals surface area contributed by atoms with Crippen molar-refractivity contribution in [1.29, 1.82) is 0 Å². The number of hydrogen-bond acceptors (Lipinski definition) is 4. The lowest BCUT2D eigenvalue weighted by atomic mass is 9.88. The Morgan fingerprint density at radius 2 is 1.79 bits per heavy atom. The molecule has 2 aromatic heterocycles. The second kappa shape index (κ2) is 4.69. The highest BCUT2D eigenvalue weighted by molar-refractivity contribution is 7.15. The van der Waals surface area contributed by atoms with Crippen molar-refractivity contribution >= 4 is 11.3 Å². The molecule has 0 aliphatic rings. The molecule has 3 nitrogen and oxygen atoms in total. The number of pyridine rings is 1. The minimum absolute atomic E-state index is 0.0983. The van der Waals surface area contributed by atoms with E-state index in [4.69, 9.17) is 4.98 Å². The van der Waals surface area contributed by atoms with Gasteiger partial charge in [0.1, 0.15) is 5.01 Å². The molecule has 19 heavy (non-hydrogen) atoms. The van der Waals surface area contributed by atoms with Crippen LogP contribution in [0.3, 0.4) is 0 Å². The van der Waals surface area contributed by atoms with Gasteiger partial charge in [-0.15, -0.1) is 11.3 Å². The molecule has 0 fully saturated rings. The third-order valence-corrected chi connectivity index (χ3v) is 4.17. The summed E-state index contributed by atoms with van der Waals surface area (Å²) in [5.41, 5.74) is 0.825. The van der Waals surface area contributed by atoms with E-state index in [-0.39, 0.29) is 5.41 Å². The molecule has 2 aromatic rings. The van der Waals surface area contributed by atoms with Gasteiger partial charge in [0.15, 0.2) is 0 Å². The summed E-state index contributed by atoms with van der Waals surface area (Å²) < 4.78 is 0. The second-order valence-corrected chi connectivity index (χ2v) is 7.22. The van der Waals surface area contributed by atoms with Crippen LogP contribution in [0.5, 0.6) is 0 Å². The van der Waals surface area contributed by atoms with E-state index < -0.39 is 5.60 Å². The zero-order valence-electron chi connectivity index (χ0n) is 12.1. The highest BCUT2D eigenvalue weighted by Crippen LogP contribution is 2.39. The number of nitrogens with zero attached hydrogens (tertiary/aromatic N) is 2. The summed E-state index contributed by atoms with van der Waals surface area (Å²) in [6.07, 6.45) is 1.76. The molecule has 1 N–H and O–H groups in total. The number of hydrogen-bond donors (Lipinski definition) is 1. The van der Waals surface area contributed by atoms with Gasteiger partial charge in [-0.2, -0.15) is 0 Å². The maximum Gasteiger partial charge on any atom is 0.142 e. The van der Waals surface area contributed by atoms with Crippen LogP contribution in [-0.2, 0) is 11.0 Å². The molecular formula is C15H20N2OS. The minimum atomic E-state index is -0.882. The molecule has 0 saturated heterocycles. The predicted octanol–water partition coefficient (Wildman–Crippen LogP) is 3.73.